The number of piperidine rings is 1. The van der Waals surface area contributed by atoms with Crippen molar-refractivity contribution in [3.8, 4) is 11.1 Å². The number of nitrogens with one attached hydrogen (secondary N) is 1. The summed E-state index contributed by atoms with van der Waals surface area (Å²) in [5.74, 6) is 0.0614. The van der Waals surface area contributed by atoms with Gasteiger partial charge in [0.2, 0.25) is 5.91 Å². The normalized spacial score (nSPS) is 18.6. The Bertz CT molecular complexity index is 642. The maximum Gasteiger partial charge on any atom is 0.217 e. The largest absolute Gasteiger partial charge is 0.352 e. The van der Waals surface area contributed by atoms with Gasteiger partial charge in [0.15, 0.2) is 0 Å². The zero-order valence-corrected chi connectivity index (χ0v) is 13.4. The van der Waals surface area contributed by atoms with E-state index in [1.807, 2.05) is 12.4 Å². The van der Waals surface area contributed by atoms with E-state index < -0.39 is 0 Å². The second-order valence-electron chi connectivity index (χ2n) is 6.10. The number of carbonyl (C=O) groups excluding carboxylic acids is 1. The first-order chi connectivity index (χ1) is 11.2. The fourth-order valence-electron chi connectivity index (χ4n) is 3.11. The van der Waals surface area contributed by atoms with E-state index in [-0.39, 0.29) is 11.9 Å². The van der Waals surface area contributed by atoms with Crippen LogP contribution in [-0.4, -0.2) is 39.9 Å². The van der Waals surface area contributed by atoms with Gasteiger partial charge in [0.25, 0.3) is 0 Å². The van der Waals surface area contributed by atoms with Crippen molar-refractivity contribution < 1.29 is 4.79 Å². The smallest absolute Gasteiger partial charge is 0.217 e. The molecule has 1 unspecified atom stereocenters. The minimum absolute atomic E-state index is 0.0614. The number of nitrogens with zero attached hydrogens (tertiary/aromatic N) is 3. The first kappa shape index (κ1) is 15.6. The molecule has 1 fully saturated rings. The number of aromatic nitrogens is 2. The van der Waals surface area contributed by atoms with Crippen molar-refractivity contribution in [2.45, 2.75) is 32.4 Å². The van der Waals surface area contributed by atoms with Crippen LogP contribution in [0.1, 0.15) is 25.3 Å². The summed E-state index contributed by atoms with van der Waals surface area (Å²) >= 11 is 0. The minimum atomic E-state index is 0.0614. The van der Waals surface area contributed by atoms with E-state index in [0.717, 1.165) is 43.6 Å². The lowest BCUT2D eigenvalue weighted by Gasteiger charge is -2.33. The van der Waals surface area contributed by atoms with E-state index in [1.165, 1.54) is 5.56 Å². The molecule has 1 aromatic heterocycles. The van der Waals surface area contributed by atoms with Gasteiger partial charge in [0, 0.05) is 44.0 Å². The molecule has 1 N–H and O–H groups in total. The van der Waals surface area contributed by atoms with E-state index in [1.54, 1.807) is 13.3 Å². The van der Waals surface area contributed by atoms with Crippen molar-refractivity contribution in [3.05, 3.63) is 48.5 Å². The van der Waals surface area contributed by atoms with Gasteiger partial charge in [0.1, 0.15) is 6.33 Å². The summed E-state index contributed by atoms with van der Waals surface area (Å²) in [5.41, 5.74) is 3.45. The highest BCUT2D eigenvalue weighted by molar-refractivity contribution is 5.73. The van der Waals surface area contributed by atoms with Crippen LogP contribution in [0.25, 0.3) is 11.1 Å². The van der Waals surface area contributed by atoms with Crippen molar-refractivity contribution in [3.63, 3.8) is 0 Å². The van der Waals surface area contributed by atoms with E-state index in [9.17, 15) is 4.79 Å². The van der Waals surface area contributed by atoms with Gasteiger partial charge in [-0.1, -0.05) is 24.3 Å². The fourth-order valence-corrected chi connectivity index (χ4v) is 3.11. The highest BCUT2D eigenvalue weighted by Gasteiger charge is 2.20. The van der Waals surface area contributed by atoms with Crippen molar-refractivity contribution in [1.29, 1.82) is 0 Å². The molecule has 5 heteroatoms. The third kappa shape index (κ3) is 4.36. The highest BCUT2D eigenvalue weighted by atomic mass is 16.1. The van der Waals surface area contributed by atoms with Crippen molar-refractivity contribution >= 4 is 5.91 Å². The molecule has 0 spiro atoms. The molecule has 0 bridgehead atoms. The predicted molar refractivity (Wildman–Crippen MR) is 89.6 cm³/mol. The van der Waals surface area contributed by atoms with Gasteiger partial charge in [0.05, 0.1) is 0 Å². The van der Waals surface area contributed by atoms with Gasteiger partial charge in [-0.25, -0.2) is 9.97 Å². The van der Waals surface area contributed by atoms with Crippen LogP contribution in [0.4, 0.5) is 0 Å². The second-order valence-corrected chi connectivity index (χ2v) is 6.10. The molecule has 1 aliphatic heterocycles. The number of carbonyl (C=O) groups is 1. The molecule has 0 saturated carbocycles. The Morgan fingerprint density at radius 2 is 1.96 bits per heavy atom. The van der Waals surface area contributed by atoms with Crippen LogP contribution in [0.5, 0.6) is 0 Å². The molecule has 1 aromatic carbocycles. The summed E-state index contributed by atoms with van der Waals surface area (Å²) in [6, 6.07) is 8.82. The van der Waals surface area contributed by atoms with E-state index >= 15 is 0 Å². The summed E-state index contributed by atoms with van der Waals surface area (Å²) < 4.78 is 0. The molecule has 2 aromatic rings. The Morgan fingerprint density at radius 1 is 1.22 bits per heavy atom. The molecule has 1 aliphatic rings. The Labute approximate surface area is 136 Å². The van der Waals surface area contributed by atoms with Gasteiger partial charge in [-0.15, -0.1) is 0 Å². The van der Waals surface area contributed by atoms with Crippen molar-refractivity contribution in [2.75, 3.05) is 13.1 Å². The summed E-state index contributed by atoms with van der Waals surface area (Å²) in [7, 11) is 0. The Morgan fingerprint density at radius 3 is 2.65 bits per heavy atom. The first-order valence-corrected chi connectivity index (χ1v) is 8.04. The number of hydrogen-bond donors (Lipinski definition) is 1. The Balaban J connectivity index is 1.61. The van der Waals surface area contributed by atoms with Crippen LogP contribution in [0, 0.1) is 0 Å². The lowest BCUT2D eigenvalue weighted by Crippen LogP contribution is -2.46. The average Bonchev–Trinajstić information content (AvgIpc) is 2.56. The zero-order chi connectivity index (χ0) is 16.1. The summed E-state index contributed by atoms with van der Waals surface area (Å²) in [5, 5.41) is 3.03. The summed E-state index contributed by atoms with van der Waals surface area (Å²) in [6.07, 6.45) is 7.39. The molecule has 120 valence electrons. The zero-order valence-electron chi connectivity index (χ0n) is 13.4. The molecule has 5 nitrogen and oxygen atoms in total. The Hall–Kier alpha value is -2.27. The molecule has 1 amide bonds. The Kier molecular flexibility index (Phi) is 4.98. The molecule has 23 heavy (non-hydrogen) atoms. The first-order valence-electron chi connectivity index (χ1n) is 8.04. The lowest BCUT2D eigenvalue weighted by molar-refractivity contribution is -0.120. The van der Waals surface area contributed by atoms with Crippen LogP contribution >= 0.6 is 0 Å². The standard InChI is InChI=1S/C18H22N4O/c1-14(23)21-18-3-2-8-22(12-18)11-15-4-6-16(7-5-15)17-9-19-13-20-10-17/h4-7,9-10,13,18H,2-3,8,11-12H2,1H3,(H,21,23). The highest BCUT2D eigenvalue weighted by Crippen LogP contribution is 2.19. The predicted octanol–water partition coefficient (Wildman–Crippen LogP) is 2.24. The number of hydrogen-bond acceptors (Lipinski definition) is 4. The number of likely N-dealkylation sites (tertiary alicyclic amines) is 1. The fraction of sp³-hybridized carbons (Fsp3) is 0.389. The maximum atomic E-state index is 11.2. The SMILES string of the molecule is CC(=O)NC1CCCN(Cc2ccc(-c3cncnc3)cc2)C1. The van der Waals surface area contributed by atoms with Gasteiger partial charge in [-0.05, 0) is 30.5 Å². The van der Waals surface area contributed by atoms with Crippen LogP contribution < -0.4 is 5.32 Å². The molecule has 2 heterocycles. The van der Waals surface area contributed by atoms with E-state index in [0.29, 0.717) is 0 Å². The van der Waals surface area contributed by atoms with Gasteiger partial charge in [-0.2, -0.15) is 0 Å². The molecule has 1 atom stereocenters. The number of amides is 1. The van der Waals surface area contributed by atoms with E-state index in [2.05, 4.69) is 44.5 Å². The van der Waals surface area contributed by atoms with E-state index in [4.69, 9.17) is 0 Å². The third-order valence-electron chi connectivity index (χ3n) is 4.17. The van der Waals surface area contributed by atoms with Crippen molar-refractivity contribution in [1.82, 2.24) is 20.2 Å². The van der Waals surface area contributed by atoms with Crippen LogP contribution in [0.2, 0.25) is 0 Å². The van der Waals surface area contributed by atoms with Gasteiger partial charge < -0.3 is 5.32 Å². The molecule has 0 radical (unpaired) electrons. The second kappa shape index (κ2) is 7.33. The third-order valence-corrected chi connectivity index (χ3v) is 4.17. The topological polar surface area (TPSA) is 58.1 Å². The molecule has 1 saturated heterocycles. The quantitative estimate of drug-likeness (QED) is 0.941. The van der Waals surface area contributed by atoms with Crippen LogP contribution in [0.15, 0.2) is 43.0 Å². The van der Waals surface area contributed by atoms with Gasteiger partial charge in [-0.3, -0.25) is 9.69 Å². The van der Waals surface area contributed by atoms with Gasteiger partial charge >= 0.3 is 0 Å². The monoisotopic (exact) mass is 310 g/mol. The lowest BCUT2D eigenvalue weighted by atomic mass is 10.0. The molecule has 3 rings (SSSR count). The number of benzene rings is 1. The molecular weight excluding hydrogens is 288 g/mol. The summed E-state index contributed by atoms with van der Waals surface area (Å²) in [4.78, 5) is 21.7. The summed E-state index contributed by atoms with van der Waals surface area (Å²) in [6.45, 7) is 4.52. The van der Waals surface area contributed by atoms with Crippen LogP contribution in [0.3, 0.4) is 0 Å². The average molecular weight is 310 g/mol. The minimum Gasteiger partial charge on any atom is -0.352 e. The van der Waals surface area contributed by atoms with Crippen molar-refractivity contribution in [2.24, 2.45) is 0 Å². The number of rotatable bonds is 4. The van der Waals surface area contributed by atoms with Crippen LogP contribution in [-0.2, 0) is 11.3 Å². The maximum absolute atomic E-state index is 11.2. The molecular formula is C18H22N4O. The molecule has 0 aliphatic carbocycles.